The van der Waals surface area contributed by atoms with E-state index in [9.17, 15) is 18.0 Å². The topological polar surface area (TPSA) is 91.8 Å². The molecule has 0 unspecified atom stereocenters. The molecule has 0 saturated carbocycles. The molecule has 2 rings (SSSR count). The molecule has 0 radical (unpaired) electrons. The van der Waals surface area contributed by atoms with Gasteiger partial charge in [0.25, 0.3) is 5.91 Å². The molecular weight excluding hydrogens is 318 g/mol. The van der Waals surface area contributed by atoms with Crippen LogP contribution in [0, 0.1) is 5.92 Å². The van der Waals surface area contributed by atoms with Crippen molar-refractivity contribution in [3.63, 3.8) is 0 Å². The summed E-state index contributed by atoms with van der Waals surface area (Å²) < 4.78 is 24.1. The monoisotopic (exact) mass is 339 g/mol. The first-order valence-corrected chi connectivity index (χ1v) is 9.14. The molecule has 6 nitrogen and oxygen atoms in total. The molecule has 23 heavy (non-hydrogen) atoms. The minimum atomic E-state index is -3.37. The van der Waals surface area contributed by atoms with Crippen molar-refractivity contribution >= 4 is 21.7 Å². The van der Waals surface area contributed by atoms with Crippen LogP contribution < -0.4 is 0 Å². The number of likely N-dealkylation sites (tertiary alicyclic amines) is 1. The highest BCUT2D eigenvalue weighted by molar-refractivity contribution is 7.92. The molecule has 7 heteroatoms. The molecule has 0 bridgehead atoms. The van der Waals surface area contributed by atoms with E-state index in [0.717, 1.165) is 0 Å². The summed E-state index contributed by atoms with van der Waals surface area (Å²) in [6, 6.07) is 5.84. The van der Waals surface area contributed by atoms with Gasteiger partial charge in [-0.3, -0.25) is 9.59 Å². The summed E-state index contributed by atoms with van der Waals surface area (Å²) in [5, 5.41) is 8.56. The molecule has 1 aliphatic rings. The second kappa shape index (κ2) is 6.70. The second-order valence-corrected chi connectivity index (χ2v) is 8.55. The molecule has 1 saturated heterocycles. The van der Waals surface area contributed by atoms with Gasteiger partial charge in [-0.05, 0) is 51.0 Å². The maximum atomic E-state index is 12.4. The Morgan fingerprint density at radius 3 is 2.35 bits per heavy atom. The van der Waals surface area contributed by atoms with Crippen LogP contribution in [0.2, 0.25) is 0 Å². The van der Waals surface area contributed by atoms with Gasteiger partial charge in [0.2, 0.25) is 0 Å². The molecule has 1 fully saturated rings. The highest BCUT2D eigenvalue weighted by atomic mass is 32.2. The van der Waals surface area contributed by atoms with Crippen LogP contribution in [-0.2, 0) is 14.6 Å². The van der Waals surface area contributed by atoms with Gasteiger partial charge in [-0.25, -0.2) is 8.42 Å². The van der Waals surface area contributed by atoms with E-state index in [2.05, 4.69) is 0 Å². The number of piperidine rings is 1. The molecule has 0 aliphatic carbocycles. The fraction of sp³-hybridized carbons (Fsp3) is 0.500. The van der Waals surface area contributed by atoms with Crippen LogP contribution in [0.15, 0.2) is 29.2 Å². The highest BCUT2D eigenvalue weighted by Crippen LogP contribution is 2.21. The lowest BCUT2D eigenvalue weighted by atomic mass is 9.97. The highest BCUT2D eigenvalue weighted by Gasteiger charge is 2.29. The lowest BCUT2D eigenvalue weighted by Gasteiger charge is -2.30. The standard InChI is InChI=1S/C16H21NO5S/c1-11(2)23(21,22)14-7-5-12(6-8-14)15(18)17-9-3-4-13(10-17)16(19)20/h5-8,11,13H,3-4,9-10H2,1-2H3,(H,19,20)/t13-/m1/s1. The maximum Gasteiger partial charge on any atom is 0.308 e. The fourth-order valence-corrected chi connectivity index (χ4v) is 3.66. The van der Waals surface area contributed by atoms with E-state index in [-0.39, 0.29) is 17.3 Å². The average molecular weight is 339 g/mol. The maximum absolute atomic E-state index is 12.4. The number of nitrogens with zero attached hydrogens (tertiary/aromatic N) is 1. The van der Waals surface area contributed by atoms with Gasteiger partial charge in [0.1, 0.15) is 0 Å². The molecule has 0 spiro atoms. The Morgan fingerprint density at radius 2 is 1.83 bits per heavy atom. The van der Waals surface area contributed by atoms with Gasteiger partial charge in [0, 0.05) is 18.7 Å². The van der Waals surface area contributed by atoms with E-state index >= 15 is 0 Å². The number of hydrogen-bond acceptors (Lipinski definition) is 4. The number of carboxylic acid groups (broad SMARTS) is 1. The fourth-order valence-electron chi connectivity index (χ4n) is 2.61. The van der Waals surface area contributed by atoms with E-state index < -0.39 is 27.0 Å². The number of benzene rings is 1. The van der Waals surface area contributed by atoms with Gasteiger partial charge in [0.15, 0.2) is 9.84 Å². The van der Waals surface area contributed by atoms with Crippen LogP contribution in [0.25, 0.3) is 0 Å². The largest absolute Gasteiger partial charge is 0.481 e. The van der Waals surface area contributed by atoms with Crippen molar-refractivity contribution in [3.05, 3.63) is 29.8 Å². The van der Waals surface area contributed by atoms with Crippen LogP contribution >= 0.6 is 0 Å². The van der Waals surface area contributed by atoms with E-state index in [0.29, 0.717) is 24.9 Å². The summed E-state index contributed by atoms with van der Waals surface area (Å²) in [5.74, 6) is -1.68. The van der Waals surface area contributed by atoms with Crippen molar-refractivity contribution in [3.8, 4) is 0 Å². The Labute approximate surface area is 136 Å². The van der Waals surface area contributed by atoms with Crippen LogP contribution in [0.4, 0.5) is 0 Å². The van der Waals surface area contributed by atoms with Crippen LogP contribution in [0.1, 0.15) is 37.0 Å². The lowest BCUT2D eigenvalue weighted by Crippen LogP contribution is -2.42. The Morgan fingerprint density at radius 1 is 1.22 bits per heavy atom. The first kappa shape index (κ1) is 17.5. The summed E-state index contributed by atoms with van der Waals surface area (Å²) >= 11 is 0. The molecule has 0 aromatic heterocycles. The van der Waals surface area contributed by atoms with Gasteiger partial charge >= 0.3 is 5.97 Å². The smallest absolute Gasteiger partial charge is 0.308 e. The van der Waals surface area contributed by atoms with E-state index in [4.69, 9.17) is 5.11 Å². The zero-order valence-corrected chi connectivity index (χ0v) is 14.0. The predicted octanol–water partition coefficient (Wildman–Crippen LogP) is 1.81. The number of rotatable bonds is 4. The number of sulfone groups is 1. The SMILES string of the molecule is CC(C)S(=O)(=O)c1ccc(C(=O)N2CCC[C@@H](C(=O)O)C2)cc1. The molecule has 1 aliphatic heterocycles. The minimum absolute atomic E-state index is 0.186. The number of carboxylic acids is 1. The Bertz CT molecular complexity index is 694. The van der Waals surface area contributed by atoms with Crippen molar-refractivity contribution in [2.24, 2.45) is 5.92 Å². The normalized spacial score (nSPS) is 18.9. The summed E-state index contributed by atoms with van der Waals surface area (Å²) in [5.41, 5.74) is 0.374. The quantitative estimate of drug-likeness (QED) is 0.903. The summed E-state index contributed by atoms with van der Waals surface area (Å²) in [4.78, 5) is 25.2. The Hall–Kier alpha value is -1.89. The van der Waals surface area contributed by atoms with Gasteiger partial charge in [-0.2, -0.15) is 0 Å². The third kappa shape index (κ3) is 3.72. The lowest BCUT2D eigenvalue weighted by molar-refractivity contribution is -0.143. The van der Waals surface area contributed by atoms with E-state index in [1.165, 1.54) is 29.2 Å². The van der Waals surface area contributed by atoms with E-state index in [1.54, 1.807) is 13.8 Å². The van der Waals surface area contributed by atoms with Gasteiger partial charge in [-0.15, -0.1) is 0 Å². The molecule has 1 amide bonds. The average Bonchev–Trinajstić information content (AvgIpc) is 2.54. The summed E-state index contributed by atoms with van der Waals surface area (Å²) in [7, 11) is -3.37. The first-order valence-electron chi connectivity index (χ1n) is 7.59. The number of carbonyl (C=O) groups is 2. The number of hydrogen-bond donors (Lipinski definition) is 1. The summed E-state index contributed by atoms with van der Waals surface area (Å²) in [6.07, 6.45) is 1.23. The molecule has 1 aromatic rings. The molecule has 1 aromatic carbocycles. The number of amides is 1. The third-order valence-electron chi connectivity index (χ3n) is 4.11. The van der Waals surface area contributed by atoms with Crippen molar-refractivity contribution in [2.75, 3.05) is 13.1 Å². The van der Waals surface area contributed by atoms with Crippen LogP contribution in [0.5, 0.6) is 0 Å². The zero-order valence-electron chi connectivity index (χ0n) is 13.2. The number of aliphatic carboxylic acids is 1. The van der Waals surface area contributed by atoms with Crippen molar-refractivity contribution < 1.29 is 23.1 Å². The molecule has 1 N–H and O–H groups in total. The van der Waals surface area contributed by atoms with Crippen LogP contribution in [0.3, 0.4) is 0 Å². The zero-order chi connectivity index (χ0) is 17.2. The first-order chi connectivity index (χ1) is 10.7. The predicted molar refractivity (Wildman–Crippen MR) is 85.0 cm³/mol. The Kier molecular flexibility index (Phi) is 5.09. The van der Waals surface area contributed by atoms with Crippen molar-refractivity contribution in [1.82, 2.24) is 4.90 Å². The van der Waals surface area contributed by atoms with Crippen LogP contribution in [-0.4, -0.2) is 48.6 Å². The molecular formula is C16H21NO5S. The van der Waals surface area contributed by atoms with E-state index in [1.807, 2.05) is 0 Å². The molecule has 1 atom stereocenters. The molecule has 1 heterocycles. The number of carbonyl (C=O) groups excluding carboxylic acids is 1. The van der Waals surface area contributed by atoms with Gasteiger partial charge < -0.3 is 10.0 Å². The third-order valence-corrected chi connectivity index (χ3v) is 6.28. The van der Waals surface area contributed by atoms with Gasteiger partial charge in [-0.1, -0.05) is 0 Å². The molecule has 126 valence electrons. The van der Waals surface area contributed by atoms with Crippen molar-refractivity contribution in [2.45, 2.75) is 36.8 Å². The summed E-state index contributed by atoms with van der Waals surface area (Å²) in [6.45, 7) is 3.93. The Balaban J connectivity index is 2.16. The van der Waals surface area contributed by atoms with Gasteiger partial charge in [0.05, 0.1) is 16.1 Å². The minimum Gasteiger partial charge on any atom is -0.481 e. The second-order valence-electron chi connectivity index (χ2n) is 6.05. The van der Waals surface area contributed by atoms with Crippen molar-refractivity contribution in [1.29, 1.82) is 0 Å².